The first kappa shape index (κ1) is 15.5. The van der Waals surface area contributed by atoms with Crippen molar-refractivity contribution in [2.45, 2.75) is 52.9 Å². The van der Waals surface area contributed by atoms with Crippen LogP contribution in [0.5, 0.6) is 0 Å². The van der Waals surface area contributed by atoms with Crippen molar-refractivity contribution >= 4 is 17.3 Å². The van der Waals surface area contributed by atoms with Crippen molar-refractivity contribution in [1.82, 2.24) is 0 Å². The highest BCUT2D eigenvalue weighted by atomic mass is 16.1. The predicted octanol–water partition coefficient (Wildman–Crippen LogP) is 4.20. The quantitative estimate of drug-likeness (QED) is 0.857. The average Bonchev–Trinajstić information content (AvgIpc) is 2.57. The molecule has 2 N–H and O–H groups in total. The molecule has 0 aromatic heterocycles. The van der Waals surface area contributed by atoms with Crippen molar-refractivity contribution in [3.8, 4) is 0 Å². The third-order valence-corrected chi connectivity index (χ3v) is 2.84. The molecule has 0 atom stereocenters. The highest BCUT2D eigenvalue weighted by Gasteiger charge is 2.11. The van der Waals surface area contributed by atoms with Crippen LogP contribution in [0.1, 0.15) is 52.0 Å². The van der Waals surface area contributed by atoms with Gasteiger partial charge in [0.25, 0.3) is 0 Å². The molecule has 0 unspecified atom stereocenters. The second-order valence-electron chi connectivity index (χ2n) is 4.92. The lowest BCUT2D eigenvalue weighted by molar-refractivity contribution is -0.115. The smallest absolute Gasteiger partial charge is 0.226 e. The maximum absolute atomic E-state index is 11.4. The summed E-state index contributed by atoms with van der Waals surface area (Å²) in [7, 11) is 0. The van der Waals surface area contributed by atoms with Crippen LogP contribution >= 0.6 is 0 Å². The number of nitrogens with one attached hydrogen (secondary N) is 2. The van der Waals surface area contributed by atoms with Gasteiger partial charge in [0, 0.05) is 13.0 Å². The summed E-state index contributed by atoms with van der Waals surface area (Å²) >= 11 is 0. The molecular weight excluding hydrogens is 236 g/mol. The molecule has 1 aliphatic rings. The summed E-state index contributed by atoms with van der Waals surface area (Å²) in [5, 5.41) is 6.19. The molecule has 0 saturated heterocycles. The molecule has 2 rings (SSSR count). The fourth-order valence-corrected chi connectivity index (χ4v) is 1.91. The zero-order chi connectivity index (χ0) is 14.1. The predicted molar refractivity (Wildman–Crippen MR) is 82.8 cm³/mol. The van der Waals surface area contributed by atoms with Gasteiger partial charge in [-0.3, -0.25) is 4.79 Å². The van der Waals surface area contributed by atoms with Crippen molar-refractivity contribution in [3.05, 3.63) is 23.8 Å². The summed E-state index contributed by atoms with van der Waals surface area (Å²) in [5.41, 5.74) is 3.26. The van der Waals surface area contributed by atoms with Gasteiger partial charge >= 0.3 is 0 Å². The topological polar surface area (TPSA) is 41.1 Å². The first-order valence-electron chi connectivity index (χ1n) is 7.37. The minimum Gasteiger partial charge on any atom is -0.383 e. The number of hydrogen-bond donors (Lipinski definition) is 2. The van der Waals surface area contributed by atoms with E-state index in [9.17, 15) is 4.79 Å². The average molecular weight is 262 g/mol. The zero-order valence-corrected chi connectivity index (χ0v) is 12.4. The van der Waals surface area contributed by atoms with E-state index in [-0.39, 0.29) is 5.91 Å². The van der Waals surface area contributed by atoms with Crippen LogP contribution in [0.4, 0.5) is 11.4 Å². The van der Waals surface area contributed by atoms with Crippen LogP contribution in [0.15, 0.2) is 18.2 Å². The molecule has 0 aliphatic carbocycles. The van der Waals surface area contributed by atoms with Crippen LogP contribution in [0.25, 0.3) is 0 Å². The van der Waals surface area contributed by atoms with E-state index in [0.717, 1.165) is 17.8 Å². The van der Waals surface area contributed by atoms with Gasteiger partial charge in [0.1, 0.15) is 0 Å². The number of benzene rings is 1. The van der Waals surface area contributed by atoms with Gasteiger partial charge in [0.2, 0.25) is 5.91 Å². The fourth-order valence-electron chi connectivity index (χ4n) is 1.91. The van der Waals surface area contributed by atoms with Crippen molar-refractivity contribution in [2.24, 2.45) is 0 Å². The van der Waals surface area contributed by atoms with E-state index in [1.807, 2.05) is 0 Å². The van der Waals surface area contributed by atoms with Gasteiger partial charge in [-0.1, -0.05) is 39.7 Å². The lowest BCUT2D eigenvalue weighted by Crippen LogP contribution is -2.10. The number of carbonyl (C=O) groups excluding carboxylic acids is 1. The summed E-state index contributed by atoms with van der Waals surface area (Å²) in [6, 6.07) is 6.28. The molecule has 1 heterocycles. The second kappa shape index (κ2) is 8.57. The van der Waals surface area contributed by atoms with Crippen molar-refractivity contribution in [3.63, 3.8) is 0 Å². The van der Waals surface area contributed by atoms with E-state index in [0.29, 0.717) is 13.0 Å². The SMILES string of the molecule is CCC.CCCCc1ccc2c(c1)NC(=O)CCN2. The lowest BCUT2D eigenvalue weighted by atomic mass is 10.1. The number of anilines is 2. The van der Waals surface area contributed by atoms with Gasteiger partial charge in [-0.05, 0) is 30.5 Å². The Bertz CT molecular complexity index is 402. The van der Waals surface area contributed by atoms with E-state index in [1.165, 1.54) is 24.8 Å². The highest BCUT2D eigenvalue weighted by molar-refractivity contribution is 5.96. The molecule has 3 heteroatoms. The van der Waals surface area contributed by atoms with Crippen LogP contribution < -0.4 is 10.6 Å². The van der Waals surface area contributed by atoms with Crippen molar-refractivity contribution < 1.29 is 4.79 Å². The Morgan fingerprint density at radius 2 is 1.89 bits per heavy atom. The van der Waals surface area contributed by atoms with Gasteiger partial charge in [-0.2, -0.15) is 0 Å². The molecular formula is C16H26N2O. The molecule has 0 bridgehead atoms. The van der Waals surface area contributed by atoms with E-state index in [1.54, 1.807) is 0 Å². The Hall–Kier alpha value is -1.51. The minimum absolute atomic E-state index is 0.0962. The number of unbranched alkanes of at least 4 members (excludes halogenated alkanes) is 1. The third-order valence-electron chi connectivity index (χ3n) is 2.84. The fraction of sp³-hybridized carbons (Fsp3) is 0.562. The molecule has 19 heavy (non-hydrogen) atoms. The first-order valence-corrected chi connectivity index (χ1v) is 7.37. The van der Waals surface area contributed by atoms with Gasteiger partial charge in [0.15, 0.2) is 0 Å². The normalized spacial score (nSPS) is 13.3. The highest BCUT2D eigenvalue weighted by Crippen LogP contribution is 2.26. The summed E-state index contributed by atoms with van der Waals surface area (Å²) in [4.78, 5) is 11.4. The standard InChI is InChI=1S/C13H18N2O.C3H8/c1-2-3-4-10-5-6-11-12(9-10)15-13(16)7-8-14-11;1-3-2/h5-6,9,14H,2-4,7-8H2,1H3,(H,15,16);3H2,1-2H3. The number of rotatable bonds is 3. The van der Waals surface area contributed by atoms with E-state index >= 15 is 0 Å². The lowest BCUT2D eigenvalue weighted by Gasteiger charge is -2.09. The van der Waals surface area contributed by atoms with Crippen molar-refractivity contribution in [2.75, 3.05) is 17.2 Å². The molecule has 1 aromatic rings. The third kappa shape index (κ3) is 5.33. The molecule has 0 fully saturated rings. The van der Waals surface area contributed by atoms with E-state index < -0.39 is 0 Å². The van der Waals surface area contributed by atoms with Gasteiger partial charge in [-0.25, -0.2) is 0 Å². The molecule has 3 nitrogen and oxygen atoms in total. The maximum atomic E-state index is 11.4. The van der Waals surface area contributed by atoms with Crippen LogP contribution in [0.3, 0.4) is 0 Å². The van der Waals surface area contributed by atoms with Crippen LogP contribution in [-0.2, 0) is 11.2 Å². The number of hydrogen-bond acceptors (Lipinski definition) is 2. The maximum Gasteiger partial charge on any atom is 0.226 e. The molecule has 1 amide bonds. The van der Waals surface area contributed by atoms with Crippen molar-refractivity contribution in [1.29, 1.82) is 0 Å². The molecule has 0 saturated carbocycles. The molecule has 0 spiro atoms. The Morgan fingerprint density at radius 1 is 1.16 bits per heavy atom. The monoisotopic (exact) mass is 262 g/mol. The Morgan fingerprint density at radius 3 is 2.58 bits per heavy atom. The van der Waals surface area contributed by atoms with Crippen LogP contribution in [0.2, 0.25) is 0 Å². The summed E-state index contributed by atoms with van der Waals surface area (Å²) in [5.74, 6) is 0.0962. The minimum atomic E-state index is 0.0962. The zero-order valence-electron chi connectivity index (χ0n) is 12.4. The van der Waals surface area contributed by atoms with Gasteiger partial charge < -0.3 is 10.6 Å². The Labute approximate surface area is 116 Å². The molecule has 0 radical (unpaired) electrons. The van der Waals surface area contributed by atoms with Crippen LogP contribution in [0, 0.1) is 0 Å². The second-order valence-corrected chi connectivity index (χ2v) is 4.92. The summed E-state index contributed by atoms with van der Waals surface area (Å²) in [6.07, 6.45) is 5.26. The summed E-state index contributed by atoms with van der Waals surface area (Å²) in [6.45, 7) is 7.15. The number of fused-ring (bicyclic) bond motifs is 1. The molecule has 1 aliphatic heterocycles. The first-order chi connectivity index (χ1) is 9.21. The molecule has 106 valence electrons. The number of aryl methyl sites for hydroxylation is 1. The number of carbonyl (C=O) groups is 1. The Balaban J connectivity index is 0.000000550. The summed E-state index contributed by atoms with van der Waals surface area (Å²) < 4.78 is 0. The van der Waals surface area contributed by atoms with Crippen LogP contribution in [-0.4, -0.2) is 12.5 Å². The van der Waals surface area contributed by atoms with Gasteiger partial charge in [-0.15, -0.1) is 0 Å². The molecule has 1 aromatic carbocycles. The number of amides is 1. The largest absolute Gasteiger partial charge is 0.383 e. The van der Waals surface area contributed by atoms with E-state index in [4.69, 9.17) is 0 Å². The van der Waals surface area contributed by atoms with E-state index in [2.05, 4.69) is 49.6 Å². The Kier molecular flexibility index (Phi) is 7.01. The van der Waals surface area contributed by atoms with Gasteiger partial charge in [0.05, 0.1) is 11.4 Å².